The van der Waals surface area contributed by atoms with Crippen molar-refractivity contribution in [2.75, 3.05) is 13.2 Å². The molecule has 2 heterocycles. The number of ether oxygens (including phenoxy) is 2. The number of nitrogens with zero attached hydrogens (tertiary/aromatic N) is 2. The molecular weight excluding hydrogens is 294 g/mol. The lowest BCUT2D eigenvalue weighted by molar-refractivity contribution is -0.126. The Hall–Kier alpha value is -1.69. The zero-order valence-electron chi connectivity index (χ0n) is 13.9. The van der Waals surface area contributed by atoms with Gasteiger partial charge in [0.1, 0.15) is 6.10 Å². The summed E-state index contributed by atoms with van der Waals surface area (Å²) in [5.41, 5.74) is 1.85. The highest BCUT2D eigenvalue weighted by molar-refractivity contribution is 5.79. The Labute approximate surface area is 137 Å². The van der Waals surface area contributed by atoms with Crippen LogP contribution in [0.25, 0.3) is 0 Å². The minimum absolute atomic E-state index is 0.0349. The number of nitrogens with one attached hydrogen (secondary N) is 1. The molecular formula is C17H25N3O3. The molecule has 6 heteroatoms. The van der Waals surface area contributed by atoms with E-state index in [1.807, 2.05) is 19.9 Å². The van der Waals surface area contributed by atoms with Crippen molar-refractivity contribution in [1.82, 2.24) is 15.3 Å². The van der Waals surface area contributed by atoms with Crippen molar-refractivity contribution in [3.8, 4) is 6.01 Å². The highest BCUT2D eigenvalue weighted by atomic mass is 16.5. The van der Waals surface area contributed by atoms with Gasteiger partial charge in [0, 0.05) is 24.0 Å². The monoisotopic (exact) mass is 319 g/mol. The predicted octanol–water partition coefficient (Wildman–Crippen LogP) is 1.94. The molecule has 0 radical (unpaired) electrons. The molecule has 0 spiro atoms. The summed E-state index contributed by atoms with van der Waals surface area (Å²) in [4.78, 5) is 20.8. The molecule has 1 aromatic heterocycles. The molecule has 1 unspecified atom stereocenters. The van der Waals surface area contributed by atoms with E-state index in [4.69, 9.17) is 9.47 Å². The molecule has 2 fully saturated rings. The maximum absolute atomic E-state index is 12.1. The number of hydrogen-bond acceptors (Lipinski definition) is 5. The van der Waals surface area contributed by atoms with E-state index < -0.39 is 0 Å². The Kier molecular flexibility index (Phi) is 5.10. The number of amides is 1. The van der Waals surface area contributed by atoms with Crippen LogP contribution in [0.4, 0.5) is 0 Å². The molecule has 0 aromatic carbocycles. The fourth-order valence-electron chi connectivity index (χ4n) is 3.28. The van der Waals surface area contributed by atoms with Crippen LogP contribution in [0.3, 0.4) is 0 Å². The topological polar surface area (TPSA) is 73.3 Å². The molecule has 1 saturated carbocycles. The van der Waals surface area contributed by atoms with Gasteiger partial charge in [0.25, 0.3) is 0 Å². The summed E-state index contributed by atoms with van der Waals surface area (Å²) in [6.45, 7) is 5.16. The maximum atomic E-state index is 12.1. The van der Waals surface area contributed by atoms with Crippen LogP contribution in [0.2, 0.25) is 0 Å². The van der Waals surface area contributed by atoms with Crippen LogP contribution in [-0.2, 0) is 9.53 Å². The normalized spacial score (nSPS) is 27.7. The second kappa shape index (κ2) is 7.25. The van der Waals surface area contributed by atoms with Gasteiger partial charge in [-0.3, -0.25) is 4.79 Å². The van der Waals surface area contributed by atoms with Gasteiger partial charge in [-0.25, -0.2) is 9.97 Å². The van der Waals surface area contributed by atoms with Gasteiger partial charge in [-0.05, 0) is 52.0 Å². The van der Waals surface area contributed by atoms with Crippen molar-refractivity contribution in [2.24, 2.45) is 5.92 Å². The number of carbonyl (C=O) groups is 1. The Morgan fingerprint density at radius 3 is 2.48 bits per heavy atom. The molecule has 3 rings (SSSR count). The lowest BCUT2D eigenvalue weighted by Crippen LogP contribution is -2.42. The Morgan fingerprint density at radius 1 is 1.17 bits per heavy atom. The summed E-state index contributed by atoms with van der Waals surface area (Å²) >= 11 is 0. The standard InChI is InChI=1S/C17H25N3O3/c1-11-9-12(2)19-17(18-11)23-15-5-3-14(4-6-15)20-16(21)13-7-8-22-10-13/h9,13-15H,3-8,10H2,1-2H3,(H,20,21). The van der Waals surface area contributed by atoms with E-state index in [1.54, 1.807) is 0 Å². The molecule has 1 atom stereocenters. The fraction of sp³-hybridized carbons (Fsp3) is 0.706. The van der Waals surface area contributed by atoms with E-state index >= 15 is 0 Å². The van der Waals surface area contributed by atoms with Crippen LogP contribution < -0.4 is 10.1 Å². The first-order chi connectivity index (χ1) is 11.1. The third-order valence-corrected chi connectivity index (χ3v) is 4.55. The fourth-order valence-corrected chi connectivity index (χ4v) is 3.28. The van der Waals surface area contributed by atoms with Crippen molar-refractivity contribution < 1.29 is 14.3 Å². The first-order valence-electron chi connectivity index (χ1n) is 8.47. The number of aryl methyl sites for hydroxylation is 2. The summed E-state index contributed by atoms with van der Waals surface area (Å²) in [6.07, 6.45) is 4.70. The van der Waals surface area contributed by atoms with Crippen LogP contribution in [0.5, 0.6) is 6.01 Å². The van der Waals surface area contributed by atoms with E-state index in [0.717, 1.165) is 43.5 Å². The highest BCUT2D eigenvalue weighted by Gasteiger charge is 2.28. The van der Waals surface area contributed by atoms with Crippen LogP contribution in [0.1, 0.15) is 43.5 Å². The van der Waals surface area contributed by atoms with Crippen molar-refractivity contribution in [1.29, 1.82) is 0 Å². The third-order valence-electron chi connectivity index (χ3n) is 4.55. The first kappa shape index (κ1) is 16.2. The quantitative estimate of drug-likeness (QED) is 0.918. The van der Waals surface area contributed by atoms with Gasteiger partial charge in [-0.2, -0.15) is 0 Å². The number of rotatable bonds is 4. The van der Waals surface area contributed by atoms with Crippen molar-refractivity contribution in [3.63, 3.8) is 0 Å². The predicted molar refractivity (Wildman–Crippen MR) is 85.2 cm³/mol. The summed E-state index contributed by atoms with van der Waals surface area (Å²) in [5.74, 6) is 0.178. The molecule has 1 N–H and O–H groups in total. The molecule has 1 aromatic rings. The minimum atomic E-state index is 0.0349. The first-order valence-corrected chi connectivity index (χ1v) is 8.47. The second-order valence-electron chi connectivity index (χ2n) is 6.59. The third kappa shape index (κ3) is 4.41. The average molecular weight is 319 g/mol. The Morgan fingerprint density at radius 2 is 1.87 bits per heavy atom. The average Bonchev–Trinajstić information content (AvgIpc) is 3.02. The lowest BCUT2D eigenvalue weighted by Gasteiger charge is -2.29. The van der Waals surface area contributed by atoms with E-state index in [-0.39, 0.29) is 24.0 Å². The summed E-state index contributed by atoms with van der Waals surface area (Å²) in [7, 11) is 0. The van der Waals surface area contributed by atoms with Crippen molar-refractivity contribution in [2.45, 2.75) is 58.1 Å². The van der Waals surface area contributed by atoms with E-state index in [0.29, 0.717) is 19.2 Å². The van der Waals surface area contributed by atoms with Gasteiger partial charge in [0.15, 0.2) is 0 Å². The highest BCUT2D eigenvalue weighted by Crippen LogP contribution is 2.23. The van der Waals surface area contributed by atoms with Gasteiger partial charge in [-0.1, -0.05) is 0 Å². The molecule has 1 saturated heterocycles. The number of aromatic nitrogens is 2. The number of carbonyl (C=O) groups excluding carboxylic acids is 1. The lowest BCUT2D eigenvalue weighted by atomic mass is 9.92. The van der Waals surface area contributed by atoms with Crippen molar-refractivity contribution in [3.05, 3.63) is 17.5 Å². The molecule has 126 valence electrons. The van der Waals surface area contributed by atoms with Crippen LogP contribution >= 0.6 is 0 Å². The van der Waals surface area contributed by atoms with Crippen LogP contribution in [-0.4, -0.2) is 41.2 Å². The molecule has 1 aliphatic heterocycles. The Balaban J connectivity index is 1.45. The zero-order chi connectivity index (χ0) is 16.2. The summed E-state index contributed by atoms with van der Waals surface area (Å²) < 4.78 is 11.2. The van der Waals surface area contributed by atoms with Gasteiger partial charge in [-0.15, -0.1) is 0 Å². The number of hydrogen-bond donors (Lipinski definition) is 1. The molecule has 23 heavy (non-hydrogen) atoms. The molecule has 6 nitrogen and oxygen atoms in total. The van der Waals surface area contributed by atoms with Gasteiger partial charge < -0.3 is 14.8 Å². The van der Waals surface area contributed by atoms with Gasteiger partial charge in [0.05, 0.1) is 12.5 Å². The second-order valence-corrected chi connectivity index (χ2v) is 6.59. The van der Waals surface area contributed by atoms with E-state index in [9.17, 15) is 4.79 Å². The van der Waals surface area contributed by atoms with E-state index in [2.05, 4.69) is 15.3 Å². The molecule has 1 amide bonds. The van der Waals surface area contributed by atoms with Gasteiger partial charge >= 0.3 is 6.01 Å². The maximum Gasteiger partial charge on any atom is 0.317 e. The summed E-state index contributed by atoms with van der Waals surface area (Å²) in [5, 5.41) is 3.16. The Bertz CT molecular complexity index is 530. The van der Waals surface area contributed by atoms with E-state index in [1.165, 1.54) is 0 Å². The SMILES string of the molecule is Cc1cc(C)nc(OC2CCC(NC(=O)C3CCOC3)CC2)n1. The zero-order valence-corrected chi connectivity index (χ0v) is 13.9. The molecule has 0 bridgehead atoms. The van der Waals surface area contributed by atoms with Gasteiger partial charge in [0.2, 0.25) is 5.91 Å². The largest absolute Gasteiger partial charge is 0.460 e. The smallest absolute Gasteiger partial charge is 0.317 e. The minimum Gasteiger partial charge on any atom is -0.460 e. The summed E-state index contributed by atoms with van der Waals surface area (Å²) in [6, 6.07) is 2.66. The van der Waals surface area contributed by atoms with Crippen molar-refractivity contribution >= 4 is 5.91 Å². The molecule has 2 aliphatic rings. The van der Waals surface area contributed by atoms with Crippen LogP contribution in [0.15, 0.2) is 6.07 Å². The van der Waals surface area contributed by atoms with Crippen LogP contribution in [0, 0.1) is 19.8 Å². The molecule has 1 aliphatic carbocycles.